The first-order chi connectivity index (χ1) is 12.5. The Hall–Kier alpha value is -2.39. The van der Waals surface area contributed by atoms with Gasteiger partial charge in [0.05, 0.1) is 11.4 Å². The molecule has 0 atom stereocenters. The van der Waals surface area contributed by atoms with E-state index in [1.807, 2.05) is 5.38 Å². The van der Waals surface area contributed by atoms with Crippen molar-refractivity contribution in [1.82, 2.24) is 5.32 Å². The van der Waals surface area contributed by atoms with Gasteiger partial charge in [0.1, 0.15) is 0 Å². The van der Waals surface area contributed by atoms with Crippen LogP contribution in [0.1, 0.15) is 23.2 Å². The van der Waals surface area contributed by atoms with Crippen molar-refractivity contribution in [1.29, 1.82) is 0 Å². The van der Waals surface area contributed by atoms with E-state index in [2.05, 4.69) is 10.6 Å². The van der Waals surface area contributed by atoms with Crippen molar-refractivity contribution in [2.75, 3.05) is 28.5 Å². The van der Waals surface area contributed by atoms with Crippen molar-refractivity contribution in [2.24, 2.45) is 0 Å². The fraction of sp³-hybridized carbons (Fsp3) is 0.294. The number of nitrogens with zero attached hydrogens (tertiary/aromatic N) is 1. The summed E-state index contributed by atoms with van der Waals surface area (Å²) in [5.41, 5.74) is 1.77. The van der Waals surface area contributed by atoms with Gasteiger partial charge in [0.2, 0.25) is 15.9 Å². The molecule has 2 aromatic rings. The van der Waals surface area contributed by atoms with Gasteiger partial charge < -0.3 is 10.6 Å². The lowest BCUT2D eigenvalue weighted by Crippen LogP contribution is -2.27. The Morgan fingerprint density at radius 3 is 2.54 bits per heavy atom. The minimum atomic E-state index is -3.21. The summed E-state index contributed by atoms with van der Waals surface area (Å²) in [6, 6.07) is 8.42. The molecule has 3 rings (SSSR count). The van der Waals surface area contributed by atoms with Gasteiger partial charge in [-0.05, 0) is 42.1 Å². The molecule has 0 unspecified atom stereocenters. The van der Waals surface area contributed by atoms with Gasteiger partial charge in [0.15, 0.2) is 0 Å². The summed E-state index contributed by atoms with van der Waals surface area (Å²) < 4.78 is 25.2. The lowest BCUT2D eigenvalue weighted by Gasteiger charge is -2.17. The van der Waals surface area contributed by atoms with Crippen LogP contribution in [0.15, 0.2) is 41.1 Å². The van der Waals surface area contributed by atoms with Crippen molar-refractivity contribution < 1.29 is 18.0 Å². The zero-order valence-corrected chi connectivity index (χ0v) is 15.6. The summed E-state index contributed by atoms with van der Waals surface area (Å²) in [5, 5.41) is 8.99. The van der Waals surface area contributed by atoms with Gasteiger partial charge in [-0.2, -0.15) is 11.3 Å². The highest BCUT2D eigenvalue weighted by molar-refractivity contribution is 7.93. The molecule has 138 valence electrons. The highest BCUT2D eigenvalue weighted by atomic mass is 32.2. The van der Waals surface area contributed by atoms with E-state index in [0.29, 0.717) is 29.9 Å². The number of rotatable bonds is 6. The number of amides is 2. The molecule has 1 aliphatic heterocycles. The van der Waals surface area contributed by atoms with Crippen LogP contribution < -0.4 is 14.9 Å². The Morgan fingerprint density at radius 1 is 1.15 bits per heavy atom. The van der Waals surface area contributed by atoms with Gasteiger partial charge >= 0.3 is 0 Å². The molecule has 1 aromatic heterocycles. The minimum Gasteiger partial charge on any atom is -0.351 e. The minimum absolute atomic E-state index is 0.151. The molecule has 0 bridgehead atoms. The van der Waals surface area contributed by atoms with Crippen LogP contribution in [0.25, 0.3) is 0 Å². The number of hydrogen-bond donors (Lipinski definition) is 2. The highest BCUT2D eigenvalue weighted by Gasteiger charge is 2.28. The summed E-state index contributed by atoms with van der Waals surface area (Å²) in [6.07, 6.45) is 0.774. The number of benzene rings is 1. The van der Waals surface area contributed by atoms with Gasteiger partial charge in [-0.15, -0.1) is 0 Å². The van der Waals surface area contributed by atoms with E-state index in [1.54, 1.807) is 35.7 Å². The van der Waals surface area contributed by atoms with E-state index >= 15 is 0 Å². The normalized spacial score (nSPS) is 15.6. The number of carbonyl (C=O) groups excluding carboxylic acids is 2. The van der Waals surface area contributed by atoms with Crippen LogP contribution in [-0.4, -0.2) is 39.1 Å². The van der Waals surface area contributed by atoms with E-state index in [-0.39, 0.29) is 30.5 Å². The van der Waals surface area contributed by atoms with Crippen molar-refractivity contribution in [3.63, 3.8) is 0 Å². The maximum Gasteiger partial charge on any atom is 0.252 e. The molecule has 1 aliphatic rings. The molecule has 1 saturated heterocycles. The molecule has 2 heterocycles. The van der Waals surface area contributed by atoms with Crippen molar-refractivity contribution in [3.05, 3.63) is 46.7 Å². The maximum atomic E-state index is 12.0. The molecule has 26 heavy (non-hydrogen) atoms. The number of sulfonamides is 1. The lowest BCUT2D eigenvalue weighted by atomic mass is 10.2. The first-order valence-corrected chi connectivity index (χ1v) is 10.7. The van der Waals surface area contributed by atoms with Gasteiger partial charge in [0, 0.05) is 36.1 Å². The van der Waals surface area contributed by atoms with E-state index in [4.69, 9.17) is 0 Å². The quantitative estimate of drug-likeness (QED) is 0.785. The standard InChI is InChI=1S/C17H19N3O4S2/c21-16(6-8-18-17(22)13-7-10-25-12-13)19-14-2-4-15(5-3-14)20-9-1-11-26(20,23)24/h2-5,7,10,12H,1,6,8-9,11H2,(H,18,22)(H,19,21). The Morgan fingerprint density at radius 2 is 1.92 bits per heavy atom. The molecule has 1 fully saturated rings. The molecule has 2 N–H and O–H groups in total. The summed E-state index contributed by atoms with van der Waals surface area (Å²) in [4.78, 5) is 23.7. The average Bonchev–Trinajstić information content (AvgIpc) is 3.25. The fourth-order valence-corrected chi connectivity index (χ4v) is 4.85. The van der Waals surface area contributed by atoms with Crippen LogP contribution in [0.4, 0.5) is 11.4 Å². The predicted octanol–water partition coefficient (Wildman–Crippen LogP) is 2.05. The Balaban J connectivity index is 1.48. The summed E-state index contributed by atoms with van der Waals surface area (Å²) in [5.74, 6) is -0.254. The van der Waals surface area contributed by atoms with Crippen LogP contribution in [-0.2, 0) is 14.8 Å². The number of thiophene rings is 1. The van der Waals surface area contributed by atoms with E-state index in [9.17, 15) is 18.0 Å². The Kier molecular flexibility index (Phi) is 5.58. The third-order valence-corrected chi connectivity index (χ3v) is 6.51. The van der Waals surface area contributed by atoms with Crippen LogP contribution >= 0.6 is 11.3 Å². The van der Waals surface area contributed by atoms with Crippen LogP contribution in [0, 0.1) is 0 Å². The number of carbonyl (C=O) groups is 2. The zero-order chi connectivity index (χ0) is 18.6. The monoisotopic (exact) mass is 393 g/mol. The number of anilines is 2. The van der Waals surface area contributed by atoms with Gasteiger partial charge in [-0.25, -0.2) is 8.42 Å². The summed E-state index contributed by atoms with van der Waals surface area (Å²) in [7, 11) is -3.21. The van der Waals surface area contributed by atoms with E-state index < -0.39 is 10.0 Å². The van der Waals surface area contributed by atoms with E-state index in [0.717, 1.165) is 0 Å². The van der Waals surface area contributed by atoms with Gasteiger partial charge in [-0.1, -0.05) is 0 Å². The fourth-order valence-electron chi connectivity index (χ4n) is 2.65. The molecule has 0 spiro atoms. The molecule has 1 aromatic carbocycles. The second-order valence-electron chi connectivity index (χ2n) is 5.85. The van der Waals surface area contributed by atoms with Gasteiger partial charge in [-0.3, -0.25) is 13.9 Å². The predicted molar refractivity (Wildman–Crippen MR) is 102 cm³/mol. The smallest absolute Gasteiger partial charge is 0.252 e. The average molecular weight is 393 g/mol. The molecule has 0 saturated carbocycles. The molecule has 7 nitrogen and oxygen atoms in total. The summed E-state index contributed by atoms with van der Waals surface area (Å²) >= 11 is 1.44. The highest BCUT2D eigenvalue weighted by Crippen LogP contribution is 2.25. The molecule has 9 heteroatoms. The number of hydrogen-bond acceptors (Lipinski definition) is 5. The molecular formula is C17H19N3O4S2. The second kappa shape index (κ2) is 7.88. The second-order valence-corrected chi connectivity index (χ2v) is 8.65. The zero-order valence-electron chi connectivity index (χ0n) is 14.0. The van der Waals surface area contributed by atoms with Gasteiger partial charge in [0.25, 0.3) is 5.91 Å². The summed E-state index contributed by atoms with van der Waals surface area (Å²) in [6.45, 7) is 0.725. The van der Waals surface area contributed by atoms with E-state index in [1.165, 1.54) is 15.6 Å². The molecule has 0 aliphatic carbocycles. The molecule has 0 radical (unpaired) electrons. The topological polar surface area (TPSA) is 95.6 Å². The SMILES string of the molecule is O=C(CCNC(=O)c1ccsc1)Nc1ccc(N2CCCS2(=O)=O)cc1. The van der Waals surface area contributed by atoms with Crippen LogP contribution in [0.3, 0.4) is 0 Å². The first kappa shape index (κ1) is 18.4. The molecular weight excluding hydrogens is 374 g/mol. The molecule has 2 amide bonds. The largest absolute Gasteiger partial charge is 0.351 e. The first-order valence-electron chi connectivity index (χ1n) is 8.16. The van der Waals surface area contributed by atoms with Crippen molar-refractivity contribution in [2.45, 2.75) is 12.8 Å². The Labute approximate surface area is 156 Å². The number of nitrogens with one attached hydrogen (secondary N) is 2. The lowest BCUT2D eigenvalue weighted by molar-refractivity contribution is -0.116. The maximum absolute atomic E-state index is 12.0. The van der Waals surface area contributed by atoms with Crippen LogP contribution in [0.2, 0.25) is 0 Å². The Bertz CT molecular complexity index is 877. The van der Waals surface area contributed by atoms with Crippen molar-refractivity contribution >= 4 is 44.5 Å². The van der Waals surface area contributed by atoms with Crippen LogP contribution in [0.5, 0.6) is 0 Å². The third-order valence-electron chi connectivity index (χ3n) is 3.96. The third kappa shape index (κ3) is 4.41. The van der Waals surface area contributed by atoms with Crippen molar-refractivity contribution in [3.8, 4) is 0 Å².